The molecule has 0 N–H and O–H groups in total. The number of fused-ring (bicyclic) bond motifs is 1. The van der Waals surface area contributed by atoms with Gasteiger partial charge in [0.25, 0.3) is 0 Å². The number of allylic oxidation sites excluding steroid dienone is 1. The normalized spacial score (nSPS) is 12.1. The quantitative estimate of drug-likeness (QED) is 0.464. The Morgan fingerprint density at radius 1 is 1.00 bits per heavy atom. The van der Waals surface area contributed by atoms with Gasteiger partial charge in [-0.15, -0.1) is 0 Å². The zero-order valence-electron chi connectivity index (χ0n) is 13.7. The van der Waals surface area contributed by atoms with Gasteiger partial charge in [0, 0.05) is 5.39 Å². The Hall–Kier alpha value is -2.61. The van der Waals surface area contributed by atoms with E-state index in [4.69, 9.17) is 4.42 Å². The number of carbonyl (C=O) groups excluding carboxylic acids is 1. The van der Waals surface area contributed by atoms with Crippen LogP contribution in [-0.2, 0) is 5.41 Å². The highest BCUT2D eigenvalue weighted by molar-refractivity contribution is 6.06. The van der Waals surface area contributed by atoms with Crippen LogP contribution in [0.3, 0.4) is 0 Å². The van der Waals surface area contributed by atoms with E-state index in [1.165, 1.54) is 5.56 Å². The van der Waals surface area contributed by atoms with Crippen LogP contribution in [0.15, 0.2) is 65.1 Å². The van der Waals surface area contributed by atoms with Crippen molar-refractivity contribution in [2.45, 2.75) is 26.2 Å². The van der Waals surface area contributed by atoms with Crippen LogP contribution in [0.25, 0.3) is 17.0 Å². The summed E-state index contributed by atoms with van der Waals surface area (Å²) in [5.41, 5.74) is 3.14. The summed E-state index contributed by atoms with van der Waals surface area (Å²) in [5.74, 6) is 0.245. The van der Waals surface area contributed by atoms with Crippen LogP contribution < -0.4 is 0 Å². The van der Waals surface area contributed by atoms with Crippen LogP contribution in [0.4, 0.5) is 0 Å². The molecule has 0 spiro atoms. The fourth-order valence-electron chi connectivity index (χ4n) is 2.45. The molecule has 0 aliphatic carbocycles. The molecule has 0 atom stereocenters. The predicted molar refractivity (Wildman–Crippen MR) is 94.7 cm³/mol. The molecule has 2 aromatic carbocycles. The van der Waals surface area contributed by atoms with Crippen molar-refractivity contribution in [1.82, 2.24) is 0 Å². The number of para-hydroxylation sites is 1. The molecule has 0 fully saturated rings. The molecule has 0 aliphatic rings. The maximum Gasteiger partial charge on any atom is 0.221 e. The van der Waals surface area contributed by atoms with E-state index in [0.717, 1.165) is 16.5 Å². The lowest BCUT2D eigenvalue weighted by atomic mass is 9.87. The molecule has 0 aliphatic heterocycles. The number of rotatable bonds is 3. The molecular weight excluding hydrogens is 284 g/mol. The first kappa shape index (κ1) is 15.3. The fourth-order valence-corrected chi connectivity index (χ4v) is 2.45. The first-order valence-corrected chi connectivity index (χ1v) is 7.75. The molecule has 3 aromatic rings. The third-order valence-corrected chi connectivity index (χ3v) is 3.87. The van der Waals surface area contributed by atoms with E-state index >= 15 is 0 Å². The number of hydrogen-bond donors (Lipinski definition) is 0. The highest BCUT2D eigenvalue weighted by Gasteiger charge is 2.12. The fraction of sp³-hybridized carbons (Fsp3) is 0.190. The summed E-state index contributed by atoms with van der Waals surface area (Å²) in [6, 6.07) is 17.7. The SMILES string of the molecule is CC(C)(C)c1ccc(C=CC(=O)c2cc3ccccc3o2)cc1. The number of hydrogen-bond acceptors (Lipinski definition) is 2. The van der Waals surface area contributed by atoms with Gasteiger partial charge in [-0.2, -0.15) is 0 Å². The van der Waals surface area contributed by atoms with Crippen LogP contribution in [0.2, 0.25) is 0 Å². The number of ketones is 1. The van der Waals surface area contributed by atoms with Gasteiger partial charge in [-0.3, -0.25) is 4.79 Å². The van der Waals surface area contributed by atoms with Crippen molar-refractivity contribution in [2.24, 2.45) is 0 Å². The zero-order chi connectivity index (χ0) is 16.4. The van der Waals surface area contributed by atoms with Gasteiger partial charge in [0.1, 0.15) is 5.58 Å². The van der Waals surface area contributed by atoms with Crippen molar-refractivity contribution in [3.8, 4) is 0 Å². The molecule has 2 heteroatoms. The maximum atomic E-state index is 12.2. The van der Waals surface area contributed by atoms with Crippen LogP contribution in [0.5, 0.6) is 0 Å². The molecule has 1 heterocycles. The Bertz CT molecular complexity index is 826. The Kier molecular flexibility index (Phi) is 3.91. The Morgan fingerprint density at radius 3 is 2.35 bits per heavy atom. The first-order chi connectivity index (χ1) is 10.9. The minimum absolute atomic E-state index is 0.124. The van der Waals surface area contributed by atoms with Gasteiger partial charge in [-0.1, -0.05) is 69.3 Å². The lowest BCUT2D eigenvalue weighted by Crippen LogP contribution is -2.10. The van der Waals surface area contributed by atoms with Gasteiger partial charge < -0.3 is 4.42 Å². The van der Waals surface area contributed by atoms with Crippen LogP contribution >= 0.6 is 0 Å². The molecule has 3 rings (SSSR count). The molecule has 2 nitrogen and oxygen atoms in total. The van der Waals surface area contributed by atoms with E-state index in [-0.39, 0.29) is 11.2 Å². The van der Waals surface area contributed by atoms with E-state index < -0.39 is 0 Å². The zero-order valence-corrected chi connectivity index (χ0v) is 13.7. The standard InChI is InChI=1S/C21H20O2/c1-21(2,3)17-11-8-15(9-12-17)10-13-18(22)20-14-16-6-4-5-7-19(16)23-20/h4-14H,1-3H3. The van der Waals surface area contributed by atoms with E-state index in [0.29, 0.717) is 5.76 Å². The Labute approximate surface area is 136 Å². The van der Waals surface area contributed by atoms with Crippen molar-refractivity contribution in [3.05, 3.63) is 77.6 Å². The minimum Gasteiger partial charge on any atom is -0.453 e. The van der Waals surface area contributed by atoms with Crippen molar-refractivity contribution in [1.29, 1.82) is 0 Å². The largest absolute Gasteiger partial charge is 0.453 e. The van der Waals surface area contributed by atoms with Crippen molar-refractivity contribution >= 4 is 22.8 Å². The lowest BCUT2D eigenvalue weighted by molar-refractivity contribution is 0.102. The summed E-state index contributed by atoms with van der Waals surface area (Å²) in [6.45, 7) is 6.55. The maximum absolute atomic E-state index is 12.2. The van der Waals surface area contributed by atoms with Gasteiger partial charge in [0.05, 0.1) is 0 Å². The third-order valence-electron chi connectivity index (χ3n) is 3.87. The van der Waals surface area contributed by atoms with Gasteiger partial charge in [-0.25, -0.2) is 0 Å². The van der Waals surface area contributed by atoms with Crippen molar-refractivity contribution in [3.63, 3.8) is 0 Å². The van der Waals surface area contributed by atoms with Gasteiger partial charge in [0.2, 0.25) is 5.78 Å². The Morgan fingerprint density at radius 2 is 1.70 bits per heavy atom. The monoisotopic (exact) mass is 304 g/mol. The summed E-state index contributed by atoms with van der Waals surface area (Å²) in [6.07, 6.45) is 3.38. The van der Waals surface area contributed by atoms with E-state index in [9.17, 15) is 4.79 Å². The number of benzene rings is 2. The highest BCUT2D eigenvalue weighted by atomic mass is 16.3. The average molecular weight is 304 g/mol. The van der Waals surface area contributed by atoms with Crippen LogP contribution in [-0.4, -0.2) is 5.78 Å². The number of carbonyl (C=O) groups is 1. The molecule has 1 aromatic heterocycles. The Balaban J connectivity index is 1.78. The second-order valence-electron chi connectivity index (χ2n) is 6.72. The van der Waals surface area contributed by atoms with Crippen molar-refractivity contribution < 1.29 is 9.21 Å². The van der Waals surface area contributed by atoms with Gasteiger partial charge >= 0.3 is 0 Å². The van der Waals surface area contributed by atoms with E-state index in [2.05, 4.69) is 32.9 Å². The second kappa shape index (κ2) is 5.88. The molecule has 0 unspecified atom stereocenters. The third kappa shape index (κ3) is 3.42. The summed E-state index contributed by atoms with van der Waals surface area (Å²) >= 11 is 0. The summed E-state index contributed by atoms with van der Waals surface area (Å²) in [7, 11) is 0. The molecule has 116 valence electrons. The smallest absolute Gasteiger partial charge is 0.221 e. The minimum atomic E-state index is -0.124. The average Bonchev–Trinajstić information content (AvgIpc) is 2.96. The van der Waals surface area contributed by atoms with Crippen LogP contribution in [0.1, 0.15) is 42.5 Å². The van der Waals surface area contributed by atoms with E-state index in [1.807, 2.05) is 42.5 Å². The molecule has 23 heavy (non-hydrogen) atoms. The van der Waals surface area contributed by atoms with E-state index in [1.54, 1.807) is 12.1 Å². The molecule has 0 saturated heterocycles. The molecule has 0 amide bonds. The van der Waals surface area contributed by atoms with Gasteiger partial charge in [-0.05, 0) is 34.8 Å². The first-order valence-electron chi connectivity index (χ1n) is 7.75. The topological polar surface area (TPSA) is 30.2 Å². The molecular formula is C21H20O2. The molecule has 0 radical (unpaired) electrons. The van der Waals surface area contributed by atoms with Crippen molar-refractivity contribution in [2.75, 3.05) is 0 Å². The lowest BCUT2D eigenvalue weighted by Gasteiger charge is -2.18. The molecule has 0 saturated carbocycles. The highest BCUT2D eigenvalue weighted by Crippen LogP contribution is 2.23. The summed E-state index contributed by atoms with van der Waals surface area (Å²) in [5, 5.41) is 0.943. The predicted octanol–water partition coefficient (Wildman–Crippen LogP) is 5.63. The molecule has 0 bridgehead atoms. The number of furan rings is 1. The second-order valence-corrected chi connectivity index (χ2v) is 6.72. The summed E-state index contributed by atoms with van der Waals surface area (Å²) < 4.78 is 5.58. The van der Waals surface area contributed by atoms with Crippen LogP contribution in [0, 0.1) is 0 Å². The summed E-state index contributed by atoms with van der Waals surface area (Å²) in [4.78, 5) is 12.2. The van der Waals surface area contributed by atoms with Gasteiger partial charge in [0.15, 0.2) is 5.76 Å².